The molecule has 0 unspecified atom stereocenters. The molecule has 3 nitrogen and oxygen atoms in total. The fourth-order valence-corrected chi connectivity index (χ4v) is 1.67. The highest BCUT2D eigenvalue weighted by atomic mass is 19.4. The van der Waals surface area contributed by atoms with Crippen molar-refractivity contribution >= 4 is 0 Å². The standard InChI is InChI=1S/C14H22F3NO2/c1-10(2)7-18-8-13-6-12(11(3)20-13)9-19-5-4-14(15,16)17/h6,10,18H,4-5,7-9H2,1-3H3. The lowest BCUT2D eigenvalue weighted by molar-refractivity contribution is -0.146. The molecule has 1 aromatic rings. The number of halogens is 3. The van der Waals surface area contributed by atoms with Gasteiger partial charge < -0.3 is 14.5 Å². The van der Waals surface area contributed by atoms with E-state index in [9.17, 15) is 13.2 Å². The van der Waals surface area contributed by atoms with E-state index in [0.29, 0.717) is 18.2 Å². The van der Waals surface area contributed by atoms with Crippen LogP contribution < -0.4 is 5.32 Å². The third-order valence-electron chi connectivity index (χ3n) is 2.71. The Kier molecular flexibility index (Phi) is 6.55. The predicted octanol–water partition coefficient (Wildman–Crippen LogP) is 3.80. The minimum absolute atomic E-state index is 0.148. The van der Waals surface area contributed by atoms with Gasteiger partial charge in [-0.05, 0) is 25.5 Å². The maximum Gasteiger partial charge on any atom is 0.391 e. The summed E-state index contributed by atoms with van der Waals surface area (Å²) in [6.45, 7) is 7.33. The van der Waals surface area contributed by atoms with Gasteiger partial charge in [-0.2, -0.15) is 13.2 Å². The summed E-state index contributed by atoms with van der Waals surface area (Å²) in [5, 5.41) is 3.25. The second kappa shape index (κ2) is 7.69. The van der Waals surface area contributed by atoms with Crippen LogP contribution in [0.4, 0.5) is 13.2 Å². The van der Waals surface area contributed by atoms with E-state index in [2.05, 4.69) is 19.2 Å². The first kappa shape index (κ1) is 17.0. The topological polar surface area (TPSA) is 34.4 Å². The van der Waals surface area contributed by atoms with Gasteiger partial charge in [0.2, 0.25) is 0 Å². The Labute approximate surface area is 117 Å². The van der Waals surface area contributed by atoms with E-state index >= 15 is 0 Å². The smallest absolute Gasteiger partial charge is 0.391 e. The first-order valence-electron chi connectivity index (χ1n) is 6.71. The molecule has 0 spiro atoms. The Balaban J connectivity index is 2.34. The minimum Gasteiger partial charge on any atom is -0.465 e. The summed E-state index contributed by atoms with van der Waals surface area (Å²) in [6.07, 6.45) is -5.09. The summed E-state index contributed by atoms with van der Waals surface area (Å²) in [5.41, 5.74) is 0.800. The monoisotopic (exact) mass is 293 g/mol. The molecule has 0 aromatic carbocycles. The fraction of sp³-hybridized carbons (Fsp3) is 0.714. The van der Waals surface area contributed by atoms with Crippen LogP contribution in [0.1, 0.15) is 37.4 Å². The summed E-state index contributed by atoms with van der Waals surface area (Å²) >= 11 is 0. The lowest BCUT2D eigenvalue weighted by Crippen LogP contribution is -2.18. The van der Waals surface area contributed by atoms with E-state index in [-0.39, 0.29) is 13.2 Å². The van der Waals surface area contributed by atoms with Crippen molar-refractivity contribution in [2.75, 3.05) is 13.2 Å². The van der Waals surface area contributed by atoms with Gasteiger partial charge in [-0.3, -0.25) is 0 Å². The van der Waals surface area contributed by atoms with Crippen molar-refractivity contribution in [3.05, 3.63) is 23.2 Å². The van der Waals surface area contributed by atoms with E-state index in [1.807, 2.05) is 6.07 Å². The molecule has 0 atom stereocenters. The highest BCUT2D eigenvalue weighted by molar-refractivity contribution is 5.19. The largest absolute Gasteiger partial charge is 0.465 e. The zero-order valence-electron chi connectivity index (χ0n) is 12.1. The molecular weight excluding hydrogens is 271 g/mol. The molecule has 1 N–H and O–H groups in total. The molecule has 0 aliphatic rings. The van der Waals surface area contributed by atoms with Crippen LogP contribution in [0.3, 0.4) is 0 Å². The van der Waals surface area contributed by atoms with Gasteiger partial charge in [-0.15, -0.1) is 0 Å². The first-order chi connectivity index (χ1) is 9.28. The average Bonchev–Trinajstić information content (AvgIpc) is 2.64. The summed E-state index contributed by atoms with van der Waals surface area (Å²) in [7, 11) is 0. The van der Waals surface area contributed by atoms with Crippen LogP contribution in [0.2, 0.25) is 0 Å². The van der Waals surface area contributed by atoms with Crippen molar-refractivity contribution in [1.82, 2.24) is 5.32 Å². The van der Waals surface area contributed by atoms with Gasteiger partial charge in [-0.25, -0.2) is 0 Å². The number of hydrogen-bond donors (Lipinski definition) is 1. The predicted molar refractivity (Wildman–Crippen MR) is 70.3 cm³/mol. The van der Waals surface area contributed by atoms with Crippen molar-refractivity contribution in [3.8, 4) is 0 Å². The van der Waals surface area contributed by atoms with E-state index < -0.39 is 12.6 Å². The fourth-order valence-electron chi connectivity index (χ4n) is 1.67. The Bertz CT molecular complexity index is 400. The van der Waals surface area contributed by atoms with Gasteiger partial charge in [-0.1, -0.05) is 13.8 Å². The zero-order valence-corrected chi connectivity index (χ0v) is 12.1. The Morgan fingerprint density at radius 2 is 2.05 bits per heavy atom. The van der Waals surface area contributed by atoms with Crippen LogP contribution in [0.15, 0.2) is 10.5 Å². The van der Waals surface area contributed by atoms with Crippen molar-refractivity contribution in [2.45, 2.75) is 46.5 Å². The molecule has 1 heterocycles. The van der Waals surface area contributed by atoms with Crippen molar-refractivity contribution < 1.29 is 22.3 Å². The molecule has 0 saturated carbocycles. The highest BCUT2D eigenvalue weighted by Crippen LogP contribution is 2.20. The summed E-state index contributed by atoms with van der Waals surface area (Å²) in [4.78, 5) is 0. The van der Waals surface area contributed by atoms with Crippen LogP contribution in [-0.2, 0) is 17.9 Å². The lowest BCUT2D eigenvalue weighted by atomic mass is 10.2. The second-order valence-corrected chi connectivity index (χ2v) is 5.24. The SMILES string of the molecule is Cc1oc(CNCC(C)C)cc1COCCC(F)(F)F. The zero-order chi connectivity index (χ0) is 15.2. The maximum atomic E-state index is 12.0. The number of nitrogens with one attached hydrogen (secondary N) is 1. The second-order valence-electron chi connectivity index (χ2n) is 5.24. The lowest BCUT2D eigenvalue weighted by Gasteiger charge is -2.06. The van der Waals surface area contributed by atoms with E-state index in [1.54, 1.807) is 6.92 Å². The Hall–Kier alpha value is -1.01. The normalized spacial score (nSPS) is 12.3. The Morgan fingerprint density at radius 3 is 2.65 bits per heavy atom. The van der Waals surface area contributed by atoms with E-state index in [4.69, 9.17) is 9.15 Å². The van der Waals surface area contributed by atoms with Crippen LogP contribution in [0.25, 0.3) is 0 Å². The number of rotatable bonds is 8. The van der Waals surface area contributed by atoms with Gasteiger partial charge in [0.05, 0.1) is 26.2 Å². The van der Waals surface area contributed by atoms with Crippen molar-refractivity contribution in [3.63, 3.8) is 0 Å². The van der Waals surface area contributed by atoms with E-state index in [1.165, 1.54) is 0 Å². The van der Waals surface area contributed by atoms with Crippen molar-refractivity contribution in [2.24, 2.45) is 5.92 Å². The highest BCUT2D eigenvalue weighted by Gasteiger charge is 2.26. The molecule has 0 aliphatic carbocycles. The Morgan fingerprint density at radius 1 is 1.35 bits per heavy atom. The number of hydrogen-bond acceptors (Lipinski definition) is 3. The van der Waals surface area contributed by atoms with Gasteiger partial charge in [0, 0.05) is 5.56 Å². The quantitative estimate of drug-likeness (QED) is 0.740. The molecule has 116 valence electrons. The van der Waals surface area contributed by atoms with Gasteiger partial charge in [0.15, 0.2) is 0 Å². The summed E-state index contributed by atoms with van der Waals surface area (Å²) in [5.74, 6) is 2.02. The molecule has 0 fully saturated rings. The molecule has 6 heteroatoms. The molecular formula is C14H22F3NO2. The molecule has 20 heavy (non-hydrogen) atoms. The molecule has 1 rings (SSSR count). The van der Waals surface area contributed by atoms with Crippen LogP contribution in [-0.4, -0.2) is 19.3 Å². The summed E-state index contributed by atoms with van der Waals surface area (Å²) in [6, 6.07) is 1.83. The molecule has 0 aliphatic heterocycles. The molecule has 0 amide bonds. The van der Waals surface area contributed by atoms with Gasteiger partial charge in [0.1, 0.15) is 11.5 Å². The third-order valence-corrected chi connectivity index (χ3v) is 2.71. The molecule has 0 bridgehead atoms. The van der Waals surface area contributed by atoms with E-state index in [0.717, 1.165) is 17.9 Å². The first-order valence-corrected chi connectivity index (χ1v) is 6.71. The van der Waals surface area contributed by atoms with Crippen LogP contribution >= 0.6 is 0 Å². The van der Waals surface area contributed by atoms with Gasteiger partial charge >= 0.3 is 6.18 Å². The number of ether oxygens (including phenoxy) is 1. The maximum absolute atomic E-state index is 12.0. The summed E-state index contributed by atoms with van der Waals surface area (Å²) < 4.78 is 46.4. The third kappa shape index (κ3) is 6.96. The molecule has 1 aromatic heterocycles. The van der Waals surface area contributed by atoms with Crippen LogP contribution in [0, 0.1) is 12.8 Å². The van der Waals surface area contributed by atoms with Crippen molar-refractivity contribution in [1.29, 1.82) is 0 Å². The minimum atomic E-state index is -4.17. The number of furan rings is 1. The molecule has 0 radical (unpaired) electrons. The number of aryl methyl sites for hydroxylation is 1. The number of alkyl halides is 3. The molecule has 0 saturated heterocycles. The van der Waals surface area contributed by atoms with Crippen LogP contribution in [0.5, 0.6) is 0 Å². The average molecular weight is 293 g/mol. The van der Waals surface area contributed by atoms with Gasteiger partial charge in [0.25, 0.3) is 0 Å².